The molecule has 1 aliphatic heterocycles. The molecule has 1 amide bonds. The van der Waals surface area contributed by atoms with Crippen LogP contribution >= 0.6 is 11.8 Å². The molecule has 3 rings (SSSR count). The van der Waals surface area contributed by atoms with Crippen molar-refractivity contribution < 1.29 is 9.90 Å². The number of piperidine rings is 1. The predicted octanol–water partition coefficient (Wildman–Crippen LogP) is 3.82. The van der Waals surface area contributed by atoms with Crippen molar-refractivity contribution in [3.8, 4) is 0 Å². The van der Waals surface area contributed by atoms with E-state index in [1.165, 1.54) is 10.5 Å². The number of rotatable bonds is 5. The first-order valence-corrected chi connectivity index (χ1v) is 9.42. The highest BCUT2D eigenvalue weighted by Crippen LogP contribution is 2.24. The molecule has 0 radical (unpaired) electrons. The summed E-state index contributed by atoms with van der Waals surface area (Å²) in [6.45, 7) is 1.62. The van der Waals surface area contributed by atoms with Gasteiger partial charge in [-0.2, -0.15) is 0 Å². The quantitative estimate of drug-likeness (QED) is 0.841. The molecule has 4 heteroatoms. The van der Waals surface area contributed by atoms with Gasteiger partial charge in [-0.1, -0.05) is 30.3 Å². The van der Waals surface area contributed by atoms with E-state index in [9.17, 15) is 9.90 Å². The van der Waals surface area contributed by atoms with E-state index in [1.54, 1.807) is 11.8 Å². The van der Waals surface area contributed by atoms with Crippen molar-refractivity contribution in [2.24, 2.45) is 5.92 Å². The van der Waals surface area contributed by atoms with E-state index in [1.807, 2.05) is 35.2 Å². The maximum absolute atomic E-state index is 12.6. The van der Waals surface area contributed by atoms with E-state index in [-0.39, 0.29) is 18.4 Å². The highest BCUT2D eigenvalue weighted by atomic mass is 32.2. The summed E-state index contributed by atoms with van der Waals surface area (Å²) >= 11 is 1.78. The normalized spacial score (nSPS) is 17.7. The molecule has 3 nitrogen and oxygen atoms in total. The first kappa shape index (κ1) is 17.1. The zero-order valence-corrected chi connectivity index (χ0v) is 14.5. The number of aliphatic hydroxyl groups excluding tert-OH is 1. The fourth-order valence-electron chi connectivity index (χ4n) is 3.02. The smallest absolute Gasteiger partial charge is 0.253 e. The van der Waals surface area contributed by atoms with E-state index in [0.717, 1.165) is 30.7 Å². The van der Waals surface area contributed by atoms with Gasteiger partial charge in [0.2, 0.25) is 0 Å². The number of thioether (sulfide) groups is 1. The molecule has 1 N–H and O–H groups in total. The number of likely N-dealkylation sites (tertiary alicyclic amines) is 1. The molecule has 0 saturated carbocycles. The van der Waals surface area contributed by atoms with Gasteiger partial charge in [0.1, 0.15) is 0 Å². The number of carbonyl (C=O) groups excluding carboxylic acids is 1. The minimum Gasteiger partial charge on any atom is -0.396 e. The molecule has 0 spiro atoms. The number of aliphatic hydroxyl groups is 1. The van der Waals surface area contributed by atoms with Crippen molar-refractivity contribution in [1.82, 2.24) is 4.90 Å². The summed E-state index contributed by atoms with van der Waals surface area (Å²) in [7, 11) is 0. The van der Waals surface area contributed by atoms with E-state index in [4.69, 9.17) is 0 Å². The first-order chi connectivity index (χ1) is 11.8. The summed E-state index contributed by atoms with van der Waals surface area (Å²) in [6, 6.07) is 18.2. The molecule has 1 atom stereocenters. The van der Waals surface area contributed by atoms with E-state index >= 15 is 0 Å². The number of nitrogens with zero attached hydrogens (tertiary/aromatic N) is 1. The molecule has 1 fully saturated rings. The van der Waals surface area contributed by atoms with Crippen molar-refractivity contribution in [2.75, 3.05) is 19.7 Å². The average molecular weight is 341 g/mol. The van der Waals surface area contributed by atoms with E-state index in [0.29, 0.717) is 6.54 Å². The van der Waals surface area contributed by atoms with E-state index < -0.39 is 0 Å². The number of hydrogen-bond donors (Lipinski definition) is 1. The van der Waals surface area contributed by atoms with Crippen LogP contribution in [0.25, 0.3) is 0 Å². The third kappa shape index (κ3) is 4.40. The molecule has 24 heavy (non-hydrogen) atoms. The molecule has 1 unspecified atom stereocenters. The maximum Gasteiger partial charge on any atom is 0.253 e. The van der Waals surface area contributed by atoms with Crippen LogP contribution in [0, 0.1) is 5.92 Å². The Labute approximate surface area is 147 Å². The second-order valence-electron chi connectivity index (χ2n) is 6.24. The SMILES string of the molecule is O=C(c1ccc(SCc2ccccc2)cc1)N1CCCC(CO)C1. The molecule has 0 aliphatic carbocycles. The van der Waals surface area contributed by atoms with E-state index in [2.05, 4.69) is 24.3 Å². The molecule has 0 bridgehead atoms. The summed E-state index contributed by atoms with van der Waals surface area (Å²) < 4.78 is 0. The largest absolute Gasteiger partial charge is 0.396 e. The van der Waals surface area contributed by atoms with Crippen molar-refractivity contribution in [3.63, 3.8) is 0 Å². The Kier molecular flexibility index (Phi) is 5.94. The standard InChI is InChI=1S/C20H23NO2S/c22-14-17-7-4-12-21(13-17)20(23)18-8-10-19(11-9-18)24-15-16-5-2-1-3-6-16/h1-3,5-6,8-11,17,22H,4,7,12-15H2. The minimum atomic E-state index is 0.0766. The molecule has 0 aromatic heterocycles. The lowest BCUT2D eigenvalue weighted by molar-refractivity contribution is 0.0620. The summed E-state index contributed by atoms with van der Waals surface area (Å²) in [5.41, 5.74) is 2.03. The van der Waals surface area contributed by atoms with Gasteiger partial charge in [-0.15, -0.1) is 11.8 Å². The molecule has 1 saturated heterocycles. The fourth-order valence-corrected chi connectivity index (χ4v) is 3.87. The third-order valence-corrected chi connectivity index (χ3v) is 5.50. The minimum absolute atomic E-state index is 0.0766. The molecule has 1 aliphatic rings. The van der Waals surface area contributed by atoms with Gasteiger partial charge in [0.05, 0.1) is 0 Å². The molecule has 126 valence electrons. The first-order valence-electron chi connectivity index (χ1n) is 8.43. The monoisotopic (exact) mass is 341 g/mol. The van der Waals surface area contributed by atoms with Crippen LogP contribution in [0.5, 0.6) is 0 Å². The summed E-state index contributed by atoms with van der Waals surface area (Å²) in [6.07, 6.45) is 1.98. The van der Waals surface area contributed by atoms with Crippen LogP contribution in [-0.2, 0) is 5.75 Å². The lowest BCUT2D eigenvalue weighted by atomic mass is 9.98. The Morgan fingerprint density at radius 3 is 2.58 bits per heavy atom. The van der Waals surface area contributed by atoms with Gasteiger partial charge < -0.3 is 10.0 Å². The van der Waals surface area contributed by atoms with Crippen molar-refractivity contribution in [2.45, 2.75) is 23.5 Å². The van der Waals surface area contributed by atoms with Crippen molar-refractivity contribution in [1.29, 1.82) is 0 Å². The Bertz CT molecular complexity index is 657. The van der Waals surface area contributed by atoms with Crippen LogP contribution in [0.4, 0.5) is 0 Å². The number of carbonyl (C=O) groups is 1. The Balaban J connectivity index is 1.58. The predicted molar refractivity (Wildman–Crippen MR) is 98.2 cm³/mol. The number of amides is 1. The number of hydrogen-bond acceptors (Lipinski definition) is 3. The third-order valence-electron chi connectivity index (χ3n) is 4.41. The van der Waals surface area contributed by atoms with Crippen LogP contribution in [0.15, 0.2) is 59.5 Å². The van der Waals surface area contributed by atoms with Crippen LogP contribution in [0.1, 0.15) is 28.8 Å². The molecular weight excluding hydrogens is 318 g/mol. The van der Waals surface area contributed by atoms with Crippen LogP contribution in [-0.4, -0.2) is 35.6 Å². The molecule has 2 aromatic rings. The Hall–Kier alpha value is -1.78. The summed E-state index contributed by atoms with van der Waals surface area (Å²) in [5, 5.41) is 9.31. The van der Waals surface area contributed by atoms with Crippen LogP contribution in [0.2, 0.25) is 0 Å². The van der Waals surface area contributed by atoms with Gasteiger partial charge in [-0.25, -0.2) is 0 Å². The van der Waals surface area contributed by atoms with Crippen molar-refractivity contribution >= 4 is 17.7 Å². The van der Waals surface area contributed by atoms with Gasteiger partial charge in [-0.3, -0.25) is 4.79 Å². The van der Waals surface area contributed by atoms with Gasteiger partial charge in [0, 0.05) is 35.9 Å². The molecule has 2 aromatic carbocycles. The van der Waals surface area contributed by atoms with Gasteiger partial charge in [0.15, 0.2) is 0 Å². The zero-order chi connectivity index (χ0) is 16.8. The topological polar surface area (TPSA) is 40.5 Å². The number of benzene rings is 2. The van der Waals surface area contributed by atoms with Crippen LogP contribution < -0.4 is 0 Å². The fraction of sp³-hybridized carbons (Fsp3) is 0.350. The van der Waals surface area contributed by atoms with Gasteiger partial charge in [-0.05, 0) is 48.6 Å². The van der Waals surface area contributed by atoms with Crippen molar-refractivity contribution in [3.05, 3.63) is 65.7 Å². The Morgan fingerprint density at radius 1 is 1.12 bits per heavy atom. The highest BCUT2D eigenvalue weighted by molar-refractivity contribution is 7.98. The Morgan fingerprint density at radius 2 is 1.88 bits per heavy atom. The lowest BCUT2D eigenvalue weighted by Gasteiger charge is -2.31. The molecular formula is C20H23NO2S. The highest BCUT2D eigenvalue weighted by Gasteiger charge is 2.23. The zero-order valence-electron chi connectivity index (χ0n) is 13.7. The molecule has 1 heterocycles. The lowest BCUT2D eigenvalue weighted by Crippen LogP contribution is -2.40. The van der Waals surface area contributed by atoms with Gasteiger partial charge in [0.25, 0.3) is 5.91 Å². The van der Waals surface area contributed by atoms with Gasteiger partial charge >= 0.3 is 0 Å². The summed E-state index contributed by atoms with van der Waals surface area (Å²) in [4.78, 5) is 15.6. The van der Waals surface area contributed by atoms with Crippen LogP contribution in [0.3, 0.4) is 0 Å². The second-order valence-corrected chi connectivity index (χ2v) is 7.29. The summed E-state index contributed by atoms with van der Waals surface area (Å²) in [5.74, 6) is 1.23. The second kappa shape index (κ2) is 8.36. The maximum atomic E-state index is 12.6. The average Bonchev–Trinajstić information content (AvgIpc) is 2.67.